The van der Waals surface area contributed by atoms with Gasteiger partial charge in [0.25, 0.3) is 0 Å². The molecule has 5 heteroatoms. The molecule has 0 saturated heterocycles. The van der Waals surface area contributed by atoms with Crippen LogP contribution in [-0.4, -0.2) is 23.4 Å². The Kier molecular flexibility index (Phi) is 60.2. The van der Waals surface area contributed by atoms with Gasteiger partial charge in [0.1, 0.15) is 0 Å². The normalized spacial score (nSPS) is 8.57. The van der Waals surface area contributed by atoms with Crippen LogP contribution in [0.1, 0.15) is 90.9 Å². The van der Waals surface area contributed by atoms with E-state index in [0.29, 0.717) is 13.2 Å². The number of halogens is 2. The van der Waals surface area contributed by atoms with Crippen molar-refractivity contribution in [1.29, 1.82) is 0 Å². The zero-order valence-corrected chi connectivity index (χ0v) is 17.1. The molecule has 0 saturated carbocycles. The molecule has 0 bridgehead atoms. The van der Waals surface area contributed by atoms with Crippen LogP contribution in [-0.2, 0) is 21.7 Å². The molecular weight excluding hydrogens is 343 g/mol. The number of aliphatic hydroxyl groups excluding tert-OH is 2. The second-order valence-corrected chi connectivity index (χ2v) is 4.98. The largest absolute Gasteiger partial charge is 1.00 e. The predicted octanol–water partition coefficient (Wildman–Crippen LogP) is -1.32. The van der Waals surface area contributed by atoms with E-state index < -0.39 is 0 Å². The smallest absolute Gasteiger partial charge is 0.0431 e. The number of aliphatic hydroxyl groups is 2. The van der Waals surface area contributed by atoms with Gasteiger partial charge in [-0.1, -0.05) is 78.1 Å². The van der Waals surface area contributed by atoms with Gasteiger partial charge in [-0.25, -0.2) is 0 Å². The molecule has 0 unspecified atom stereocenters. The summed E-state index contributed by atoms with van der Waals surface area (Å²) in [7, 11) is 0. The molecule has 0 radical (unpaired) electrons. The second-order valence-electron chi connectivity index (χ2n) is 4.98. The fourth-order valence-electron chi connectivity index (χ4n) is 1.78. The third-order valence-corrected chi connectivity index (χ3v) is 3.02. The van der Waals surface area contributed by atoms with Crippen molar-refractivity contribution in [2.24, 2.45) is 0 Å². The van der Waals surface area contributed by atoms with Gasteiger partial charge < -0.3 is 35.0 Å². The van der Waals surface area contributed by atoms with E-state index in [-0.39, 0.29) is 46.5 Å². The molecule has 0 fully saturated rings. The molecule has 2 nitrogen and oxygen atoms in total. The van der Waals surface area contributed by atoms with Gasteiger partial charge in [-0.3, -0.25) is 0 Å². The van der Waals surface area contributed by atoms with Crippen molar-refractivity contribution in [1.82, 2.24) is 0 Å². The average Bonchev–Trinajstić information content (AvgIpc) is 2.39. The molecule has 132 valence electrons. The minimum absolute atomic E-state index is 0. The summed E-state index contributed by atoms with van der Waals surface area (Å²) in [5.74, 6) is 0. The second kappa shape index (κ2) is 37.4. The van der Waals surface area contributed by atoms with Crippen LogP contribution in [0.2, 0.25) is 0 Å². The van der Waals surface area contributed by atoms with E-state index in [0.717, 1.165) is 12.8 Å². The number of unbranched alkanes of at least 4 members (excludes halogenated alkanes) is 10. The first-order valence-electron chi connectivity index (χ1n) is 8.05. The van der Waals surface area contributed by atoms with Gasteiger partial charge in [0.15, 0.2) is 0 Å². The SMILES string of the molecule is CCCCCCCCO.CCCCCCCCO.[Cl-].[Cl-].[Ti]. The summed E-state index contributed by atoms with van der Waals surface area (Å²) >= 11 is 0. The van der Waals surface area contributed by atoms with Gasteiger partial charge in [-0.15, -0.1) is 0 Å². The summed E-state index contributed by atoms with van der Waals surface area (Å²) in [5.41, 5.74) is 0. The van der Waals surface area contributed by atoms with Crippen molar-refractivity contribution in [3.8, 4) is 0 Å². The average molecular weight is 379 g/mol. The van der Waals surface area contributed by atoms with Crippen LogP contribution in [0.5, 0.6) is 0 Å². The molecule has 2 N–H and O–H groups in total. The molecule has 0 heterocycles. The minimum atomic E-state index is 0. The molecule has 0 aromatic heterocycles. The summed E-state index contributed by atoms with van der Waals surface area (Å²) in [6.07, 6.45) is 15.0. The molecule has 0 amide bonds. The van der Waals surface area contributed by atoms with Gasteiger partial charge in [0.05, 0.1) is 0 Å². The monoisotopic (exact) mass is 378 g/mol. The summed E-state index contributed by atoms with van der Waals surface area (Å²) < 4.78 is 0. The standard InChI is InChI=1S/2C8H18O.2ClH.Ti/c2*1-2-3-4-5-6-7-8-9;;;/h2*9H,2-8H2,1H3;2*1H;/p-2. The Morgan fingerprint density at radius 1 is 0.476 bits per heavy atom. The molecule has 0 aromatic rings. The van der Waals surface area contributed by atoms with Crippen molar-refractivity contribution in [3.63, 3.8) is 0 Å². The molecule has 0 aliphatic heterocycles. The molecule has 0 atom stereocenters. The van der Waals surface area contributed by atoms with Gasteiger partial charge in [-0.2, -0.15) is 0 Å². The van der Waals surface area contributed by atoms with E-state index in [1.54, 1.807) is 0 Å². The van der Waals surface area contributed by atoms with Crippen LogP contribution in [0.3, 0.4) is 0 Å². The maximum atomic E-state index is 8.42. The van der Waals surface area contributed by atoms with Gasteiger partial charge >= 0.3 is 0 Å². The Bertz CT molecular complexity index is 105. The maximum Gasteiger partial charge on any atom is 0.0431 e. The molecule has 0 aromatic carbocycles. The first-order chi connectivity index (χ1) is 8.83. The van der Waals surface area contributed by atoms with Crippen molar-refractivity contribution in [3.05, 3.63) is 0 Å². The summed E-state index contributed by atoms with van der Waals surface area (Å²) in [6, 6.07) is 0. The zero-order valence-electron chi connectivity index (χ0n) is 14.0. The molecule has 0 spiro atoms. The van der Waals surface area contributed by atoms with Crippen LogP contribution in [0.15, 0.2) is 0 Å². The van der Waals surface area contributed by atoms with Gasteiger partial charge in [-0.05, 0) is 12.8 Å². The molecule has 21 heavy (non-hydrogen) atoms. The minimum Gasteiger partial charge on any atom is -1.00 e. The first-order valence-corrected chi connectivity index (χ1v) is 8.05. The van der Waals surface area contributed by atoms with Crippen molar-refractivity contribution in [2.45, 2.75) is 90.9 Å². The molecule has 0 aliphatic carbocycles. The number of hydrogen-bond donors (Lipinski definition) is 2. The van der Waals surface area contributed by atoms with Crippen LogP contribution in [0.4, 0.5) is 0 Å². The van der Waals surface area contributed by atoms with Crippen molar-refractivity contribution >= 4 is 0 Å². The predicted molar refractivity (Wildman–Crippen MR) is 80.9 cm³/mol. The summed E-state index contributed by atoms with van der Waals surface area (Å²) in [5, 5.41) is 16.8. The Hall–Kier alpha value is 1.21. The van der Waals surface area contributed by atoms with E-state index >= 15 is 0 Å². The van der Waals surface area contributed by atoms with Crippen LogP contribution in [0.25, 0.3) is 0 Å². The van der Waals surface area contributed by atoms with Gasteiger partial charge in [0.2, 0.25) is 0 Å². The van der Waals surface area contributed by atoms with E-state index in [2.05, 4.69) is 13.8 Å². The van der Waals surface area contributed by atoms with Crippen molar-refractivity contribution < 1.29 is 56.7 Å². The third kappa shape index (κ3) is 44.9. The number of hydrogen-bond acceptors (Lipinski definition) is 2. The van der Waals surface area contributed by atoms with E-state index in [4.69, 9.17) is 10.2 Å². The maximum absolute atomic E-state index is 8.42. The van der Waals surface area contributed by atoms with E-state index in [9.17, 15) is 0 Å². The van der Waals surface area contributed by atoms with Crippen LogP contribution < -0.4 is 24.8 Å². The fraction of sp³-hybridized carbons (Fsp3) is 1.00. The Labute approximate surface area is 160 Å². The molecule has 0 rings (SSSR count). The topological polar surface area (TPSA) is 40.5 Å². The van der Waals surface area contributed by atoms with E-state index in [1.807, 2.05) is 0 Å². The zero-order chi connectivity index (χ0) is 13.9. The Morgan fingerprint density at radius 3 is 0.952 bits per heavy atom. The molecule has 0 aliphatic rings. The number of rotatable bonds is 12. The van der Waals surface area contributed by atoms with Gasteiger partial charge in [0, 0.05) is 34.9 Å². The van der Waals surface area contributed by atoms with E-state index in [1.165, 1.54) is 64.2 Å². The van der Waals surface area contributed by atoms with Crippen LogP contribution in [0, 0.1) is 0 Å². The first kappa shape index (κ1) is 33.7. The van der Waals surface area contributed by atoms with Crippen LogP contribution >= 0.6 is 0 Å². The Morgan fingerprint density at radius 2 is 0.714 bits per heavy atom. The third-order valence-electron chi connectivity index (χ3n) is 3.02. The van der Waals surface area contributed by atoms with Crippen molar-refractivity contribution in [2.75, 3.05) is 13.2 Å². The summed E-state index contributed by atoms with van der Waals surface area (Å²) in [4.78, 5) is 0. The fourth-order valence-corrected chi connectivity index (χ4v) is 1.78. The quantitative estimate of drug-likeness (QED) is 0.327. The molecular formula is C16H36Cl2O2Ti-2. The summed E-state index contributed by atoms with van der Waals surface area (Å²) in [6.45, 7) is 5.16. The Balaban J connectivity index is -0.0000000711.